The number of hydrogen-bond acceptors (Lipinski definition) is 7. The van der Waals surface area contributed by atoms with Gasteiger partial charge < -0.3 is 24.6 Å². The Morgan fingerprint density at radius 1 is 1.11 bits per heavy atom. The van der Waals surface area contributed by atoms with E-state index >= 15 is 0 Å². The van der Waals surface area contributed by atoms with Crippen LogP contribution in [0.5, 0.6) is 28.7 Å². The van der Waals surface area contributed by atoms with Gasteiger partial charge >= 0.3 is 0 Å². The van der Waals surface area contributed by atoms with Crippen LogP contribution in [0.25, 0.3) is 0 Å². The molecule has 0 spiro atoms. The second-order valence-corrected chi connectivity index (χ2v) is 6.09. The first-order valence-electron chi connectivity index (χ1n) is 8.47. The Morgan fingerprint density at radius 2 is 1.93 bits per heavy atom. The van der Waals surface area contributed by atoms with Crippen molar-refractivity contribution >= 4 is 5.71 Å². The molecule has 0 atom stereocenters. The summed E-state index contributed by atoms with van der Waals surface area (Å²) < 4.78 is 10.9. The lowest BCUT2D eigenvalue weighted by Gasteiger charge is -2.13. The van der Waals surface area contributed by atoms with E-state index in [4.69, 9.17) is 14.7 Å². The number of benzene rings is 2. The minimum atomic E-state index is -0.123. The second kappa shape index (κ2) is 8.01. The first-order chi connectivity index (χ1) is 13.0. The lowest BCUT2D eigenvalue weighted by molar-refractivity contribution is -0.139. The molecule has 0 aromatic heterocycles. The maximum atomic E-state index is 9.78. The van der Waals surface area contributed by atoms with Crippen LogP contribution in [0.15, 0.2) is 47.1 Å². The zero-order chi connectivity index (χ0) is 19.4. The Labute approximate surface area is 156 Å². The van der Waals surface area contributed by atoms with Gasteiger partial charge in [0.1, 0.15) is 12.4 Å². The van der Waals surface area contributed by atoms with Crippen molar-refractivity contribution in [2.45, 2.75) is 19.8 Å². The summed E-state index contributed by atoms with van der Waals surface area (Å²) in [4.78, 5) is 8.90. The molecule has 3 rings (SSSR count). The van der Waals surface area contributed by atoms with Gasteiger partial charge in [-0.3, -0.25) is 4.99 Å². The van der Waals surface area contributed by atoms with E-state index < -0.39 is 0 Å². The number of rotatable bonds is 7. The summed E-state index contributed by atoms with van der Waals surface area (Å²) in [5.74, 6) is 0.881. The summed E-state index contributed by atoms with van der Waals surface area (Å²) in [6.07, 6.45) is 3.01. The van der Waals surface area contributed by atoms with E-state index in [-0.39, 0.29) is 29.6 Å². The van der Waals surface area contributed by atoms with Crippen LogP contribution in [0.4, 0.5) is 0 Å². The quantitative estimate of drug-likeness (QED) is 0.507. The Balaban J connectivity index is 1.70. The van der Waals surface area contributed by atoms with Gasteiger partial charge in [-0.2, -0.15) is 0 Å². The Morgan fingerprint density at radius 3 is 2.59 bits per heavy atom. The fraction of sp³-hybridized carbons (Fsp3) is 0.250. The van der Waals surface area contributed by atoms with Gasteiger partial charge in [0.2, 0.25) is 5.75 Å². The highest BCUT2D eigenvalue weighted by atomic mass is 17.1. The van der Waals surface area contributed by atoms with Crippen molar-refractivity contribution in [3.05, 3.63) is 53.2 Å². The number of ether oxygens (including phenoxy) is 2. The Bertz CT molecular complexity index is 878. The van der Waals surface area contributed by atoms with Crippen molar-refractivity contribution < 1.29 is 29.8 Å². The van der Waals surface area contributed by atoms with Crippen molar-refractivity contribution in [2.24, 2.45) is 4.99 Å². The smallest absolute Gasteiger partial charge is 0.207 e. The highest BCUT2D eigenvalue weighted by Crippen LogP contribution is 2.35. The van der Waals surface area contributed by atoms with E-state index in [1.807, 2.05) is 13.0 Å². The third kappa shape index (κ3) is 3.98. The van der Waals surface area contributed by atoms with Gasteiger partial charge in [0.15, 0.2) is 17.2 Å². The number of nitrogens with zero attached hydrogens (tertiary/aromatic N) is 1. The molecule has 7 heteroatoms. The van der Waals surface area contributed by atoms with Crippen LogP contribution in [-0.4, -0.2) is 34.9 Å². The first kappa shape index (κ1) is 18.6. The highest BCUT2D eigenvalue weighted by Gasteiger charge is 2.19. The molecule has 142 valence electrons. The molecule has 27 heavy (non-hydrogen) atoms. The van der Waals surface area contributed by atoms with Crippen LogP contribution in [-0.2, 0) is 6.42 Å². The van der Waals surface area contributed by atoms with Crippen molar-refractivity contribution in [1.29, 1.82) is 0 Å². The van der Waals surface area contributed by atoms with Crippen LogP contribution in [0.2, 0.25) is 0 Å². The third-order valence-corrected chi connectivity index (χ3v) is 4.30. The molecule has 0 fully saturated rings. The molecule has 0 unspecified atom stereocenters. The zero-order valence-electron chi connectivity index (χ0n) is 15.1. The Hall–Kier alpha value is -3.19. The average molecular weight is 371 g/mol. The monoisotopic (exact) mass is 371 g/mol. The number of methoxy groups -OCH3 is 1. The van der Waals surface area contributed by atoms with E-state index in [1.54, 1.807) is 12.3 Å². The molecule has 0 saturated heterocycles. The van der Waals surface area contributed by atoms with E-state index in [2.05, 4.69) is 9.88 Å². The first-order valence-corrected chi connectivity index (χ1v) is 8.47. The van der Waals surface area contributed by atoms with Gasteiger partial charge in [0.25, 0.3) is 0 Å². The highest BCUT2D eigenvalue weighted by molar-refractivity contribution is 6.04. The fourth-order valence-electron chi connectivity index (χ4n) is 2.93. The standard InChI is InChI=1S/C20H21NO6/c1-3-13-7-14(8-19(27-24)20(13)25-2)16-6-12(10-21-16)11-26-18-5-4-15(22)9-17(18)23/h4-5,7-10,22-24H,3,6,11H2,1-2H3. The minimum Gasteiger partial charge on any atom is -0.508 e. The van der Waals surface area contributed by atoms with Gasteiger partial charge in [-0.05, 0) is 41.8 Å². The SMILES string of the molecule is CCc1cc(C2=NC=C(COc3ccc(O)cc3O)C2)cc(OO)c1OC. The normalized spacial score (nSPS) is 13.1. The molecule has 0 radical (unpaired) electrons. The number of phenols is 2. The lowest BCUT2D eigenvalue weighted by atomic mass is 10.00. The van der Waals surface area contributed by atoms with Gasteiger partial charge in [-0.1, -0.05) is 6.92 Å². The van der Waals surface area contributed by atoms with E-state index in [0.29, 0.717) is 18.6 Å². The maximum absolute atomic E-state index is 9.78. The van der Waals surface area contributed by atoms with E-state index in [9.17, 15) is 10.2 Å². The molecule has 1 heterocycles. The van der Waals surface area contributed by atoms with E-state index in [1.165, 1.54) is 25.3 Å². The molecule has 3 N–H and O–H groups in total. The average Bonchev–Trinajstić information content (AvgIpc) is 3.15. The molecule has 0 aliphatic carbocycles. The number of aryl methyl sites for hydroxylation is 1. The van der Waals surface area contributed by atoms with Crippen LogP contribution >= 0.6 is 0 Å². The number of aliphatic imine (C=N–C) groups is 1. The van der Waals surface area contributed by atoms with Crippen molar-refractivity contribution in [1.82, 2.24) is 0 Å². The number of aromatic hydroxyl groups is 2. The topological polar surface area (TPSA) is 101 Å². The number of hydrogen-bond donors (Lipinski definition) is 3. The summed E-state index contributed by atoms with van der Waals surface area (Å²) >= 11 is 0. The fourth-order valence-corrected chi connectivity index (χ4v) is 2.93. The van der Waals surface area contributed by atoms with Crippen molar-refractivity contribution in [2.75, 3.05) is 13.7 Å². The van der Waals surface area contributed by atoms with Crippen LogP contribution in [0.3, 0.4) is 0 Å². The predicted octanol–water partition coefficient (Wildman–Crippen LogP) is 3.68. The summed E-state index contributed by atoms with van der Waals surface area (Å²) in [7, 11) is 1.53. The molecular formula is C20H21NO6. The largest absolute Gasteiger partial charge is 0.508 e. The van der Waals surface area contributed by atoms with Gasteiger partial charge in [0.05, 0.1) is 12.8 Å². The van der Waals surface area contributed by atoms with E-state index in [0.717, 1.165) is 22.4 Å². The van der Waals surface area contributed by atoms with Gasteiger partial charge in [-0.15, -0.1) is 0 Å². The maximum Gasteiger partial charge on any atom is 0.207 e. The molecule has 2 aromatic rings. The van der Waals surface area contributed by atoms with Crippen LogP contribution in [0.1, 0.15) is 24.5 Å². The lowest BCUT2D eigenvalue weighted by Crippen LogP contribution is -2.06. The summed E-state index contributed by atoms with van der Waals surface area (Å²) in [6.45, 7) is 2.24. The van der Waals surface area contributed by atoms with Crippen LogP contribution in [0, 0.1) is 0 Å². The molecule has 0 amide bonds. The third-order valence-electron chi connectivity index (χ3n) is 4.30. The number of phenolic OH excluding ortho intramolecular Hbond substituents is 2. The van der Waals surface area contributed by atoms with Gasteiger partial charge in [0, 0.05) is 24.3 Å². The van der Waals surface area contributed by atoms with Crippen molar-refractivity contribution in [3.63, 3.8) is 0 Å². The molecule has 1 aliphatic rings. The van der Waals surface area contributed by atoms with Crippen molar-refractivity contribution in [3.8, 4) is 28.7 Å². The summed E-state index contributed by atoms with van der Waals surface area (Å²) in [5.41, 5.74) is 3.48. The predicted molar refractivity (Wildman–Crippen MR) is 100 cm³/mol. The molecule has 2 aromatic carbocycles. The van der Waals surface area contributed by atoms with Crippen LogP contribution < -0.4 is 14.4 Å². The molecular weight excluding hydrogens is 350 g/mol. The molecule has 1 aliphatic heterocycles. The minimum absolute atomic E-state index is 0.0290. The Kier molecular flexibility index (Phi) is 5.52. The molecule has 7 nitrogen and oxygen atoms in total. The van der Waals surface area contributed by atoms with Gasteiger partial charge in [-0.25, -0.2) is 5.26 Å². The summed E-state index contributed by atoms with van der Waals surface area (Å²) in [5, 5.41) is 28.2. The zero-order valence-corrected chi connectivity index (χ0v) is 15.1. The second-order valence-electron chi connectivity index (χ2n) is 6.09. The summed E-state index contributed by atoms with van der Waals surface area (Å²) in [6, 6.07) is 7.81. The molecule has 0 bridgehead atoms. The molecule has 0 saturated carbocycles.